The molecule has 9 nitrogen and oxygen atoms in total. The Balaban J connectivity index is 1.88. The van der Waals surface area contributed by atoms with Crippen LogP contribution in [0.1, 0.15) is 45.4 Å². The zero-order valence-electron chi connectivity index (χ0n) is 17.7. The second-order valence-electron chi connectivity index (χ2n) is 8.57. The smallest absolute Gasteiger partial charge is 0.293 e. The van der Waals surface area contributed by atoms with Crippen LogP contribution < -0.4 is 9.62 Å². The van der Waals surface area contributed by atoms with Crippen LogP contribution in [0.2, 0.25) is 0 Å². The number of anilines is 1. The van der Waals surface area contributed by atoms with Crippen LogP contribution in [0.15, 0.2) is 23.1 Å². The third kappa shape index (κ3) is 4.75. The molecule has 2 aliphatic rings. The maximum absolute atomic E-state index is 12.8. The number of likely N-dealkylation sites (N-methyl/N-ethyl adjacent to an activating group) is 1. The van der Waals surface area contributed by atoms with Gasteiger partial charge in [-0.15, -0.1) is 0 Å². The van der Waals surface area contributed by atoms with Crippen molar-refractivity contribution >= 4 is 27.3 Å². The minimum atomic E-state index is -3.87. The lowest BCUT2D eigenvalue weighted by atomic mass is 9.88. The predicted octanol–water partition coefficient (Wildman–Crippen LogP) is 2.51. The topological polar surface area (TPSA) is 113 Å². The molecule has 0 spiro atoms. The van der Waals surface area contributed by atoms with E-state index in [0.717, 1.165) is 38.2 Å². The van der Waals surface area contributed by atoms with Crippen LogP contribution in [0.5, 0.6) is 0 Å². The molecule has 30 heavy (non-hydrogen) atoms. The number of hydrogen-bond acceptors (Lipinski definition) is 6. The third-order valence-electron chi connectivity index (χ3n) is 6.08. The highest BCUT2D eigenvalue weighted by Crippen LogP contribution is 2.36. The largest absolute Gasteiger partial charge is 0.354 e. The van der Waals surface area contributed by atoms with Crippen molar-refractivity contribution in [2.45, 2.75) is 62.4 Å². The van der Waals surface area contributed by atoms with Crippen LogP contribution in [-0.4, -0.2) is 56.9 Å². The number of carbonyl (C=O) groups excluding carboxylic acids is 1. The number of nitrogens with zero attached hydrogens (tertiary/aromatic N) is 3. The molecular weight excluding hydrogens is 408 g/mol. The Kier molecular flexibility index (Phi) is 6.66. The summed E-state index contributed by atoms with van der Waals surface area (Å²) in [6.07, 6.45) is 4.80. The Morgan fingerprint density at radius 1 is 1.20 bits per heavy atom. The van der Waals surface area contributed by atoms with Gasteiger partial charge in [-0.1, -0.05) is 6.92 Å². The molecule has 1 N–H and O–H groups in total. The van der Waals surface area contributed by atoms with Crippen LogP contribution >= 0.6 is 0 Å². The van der Waals surface area contributed by atoms with E-state index >= 15 is 0 Å². The zero-order chi connectivity index (χ0) is 22.1. The summed E-state index contributed by atoms with van der Waals surface area (Å²) >= 11 is 0. The Morgan fingerprint density at radius 2 is 1.87 bits per heavy atom. The molecule has 0 unspecified atom stereocenters. The molecule has 0 radical (unpaired) electrons. The summed E-state index contributed by atoms with van der Waals surface area (Å²) in [6.45, 7) is 2.66. The molecule has 1 aliphatic heterocycles. The number of nitro benzene ring substituents is 1. The molecule has 1 amide bonds. The fraction of sp³-hybridized carbons (Fsp3) is 0.650. The fourth-order valence-corrected chi connectivity index (χ4v) is 5.66. The lowest BCUT2D eigenvalue weighted by Gasteiger charge is -2.28. The molecule has 1 saturated heterocycles. The lowest BCUT2D eigenvalue weighted by molar-refractivity contribution is -0.384. The van der Waals surface area contributed by atoms with Crippen molar-refractivity contribution in [2.75, 3.05) is 25.5 Å². The van der Waals surface area contributed by atoms with E-state index in [1.54, 1.807) is 19.0 Å². The number of benzene rings is 1. The highest BCUT2D eigenvalue weighted by Gasteiger charge is 2.36. The normalized spacial score (nSPS) is 24.6. The Hall–Kier alpha value is -2.20. The number of sulfonamides is 1. The highest BCUT2D eigenvalue weighted by molar-refractivity contribution is 7.89. The molecule has 3 rings (SSSR count). The number of carbonyl (C=O) groups is 1. The fourth-order valence-electron chi connectivity index (χ4n) is 4.33. The van der Waals surface area contributed by atoms with Gasteiger partial charge in [-0.3, -0.25) is 14.9 Å². The minimum Gasteiger partial charge on any atom is -0.354 e. The van der Waals surface area contributed by atoms with Gasteiger partial charge in [0.2, 0.25) is 15.9 Å². The molecule has 0 bridgehead atoms. The predicted molar refractivity (Wildman–Crippen MR) is 114 cm³/mol. The monoisotopic (exact) mass is 438 g/mol. The maximum Gasteiger partial charge on any atom is 0.293 e. The first kappa shape index (κ1) is 22.5. The van der Waals surface area contributed by atoms with E-state index in [1.165, 1.54) is 17.0 Å². The Labute approximate surface area is 177 Å². The zero-order valence-corrected chi connectivity index (χ0v) is 18.5. The number of hydrogen-bond donors (Lipinski definition) is 1. The number of nitrogens with one attached hydrogen (secondary N) is 1. The first-order chi connectivity index (χ1) is 14.1. The summed E-state index contributed by atoms with van der Waals surface area (Å²) in [5, 5.41) is 11.8. The van der Waals surface area contributed by atoms with Gasteiger partial charge < -0.3 is 9.80 Å². The number of nitro groups is 1. The van der Waals surface area contributed by atoms with Crippen LogP contribution in [0.4, 0.5) is 11.4 Å². The van der Waals surface area contributed by atoms with Crippen LogP contribution in [0.25, 0.3) is 0 Å². The van der Waals surface area contributed by atoms with Gasteiger partial charge in [-0.25, -0.2) is 13.1 Å². The average molecular weight is 439 g/mol. The van der Waals surface area contributed by atoms with Crippen molar-refractivity contribution in [3.63, 3.8) is 0 Å². The average Bonchev–Trinajstić information content (AvgIpc) is 3.17. The molecule has 1 aromatic carbocycles. The molecule has 166 valence electrons. The van der Waals surface area contributed by atoms with E-state index in [0.29, 0.717) is 18.9 Å². The van der Waals surface area contributed by atoms with Gasteiger partial charge in [-0.2, -0.15) is 0 Å². The van der Waals surface area contributed by atoms with Gasteiger partial charge in [0.05, 0.1) is 9.82 Å². The van der Waals surface area contributed by atoms with Crippen molar-refractivity contribution in [3.8, 4) is 0 Å². The summed E-state index contributed by atoms with van der Waals surface area (Å²) in [7, 11) is -0.558. The van der Waals surface area contributed by atoms with Crippen molar-refractivity contribution in [2.24, 2.45) is 5.92 Å². The van der Waals surface area contributed by atoms with Gasteiger partial charge in [-0.05, 0) is 56.6 Å². The highest BCUT2D eigenvalue weighted by atomic mass is 32.2. The minimum absolute atomic E-state index is 0.119. The second kappa shape index (κ2) is 8.89. The van der Waals surface area contributed by atoms with Gasteiger partial charge in [0, 0.05) is 32.7 Å². The summed E-state index contributed by atoms with van der Waals surface area (Å²) in [4.78, 5) is 26.7. The summed E-state index contributed by atoms with van der Waals surface area (Å²) in [5.74, 6) is 0.469. The summed E-state index contributed by atoms with van der Waals surface area (Å²) in [6, 6.07) is 3.33. The van der Waals surface area contributed by atoms with Crippen molar-refractivity contribution in [3.05, 3.63) is 28.3 Å². The van der Waals surface area contributed by atoms with Crippen molar-refractivity contribution in [1.29, 1.82) is 0 Å². The molecule has 2 fully saturated rings. The van der Waals surface area contributed by atoms with E-state index in [4.69, 9.17) is 0 Å². The SMILES string of the molecule is CC1CCC(NS(=O)(=O)c2ccc(N3CCC[C@H]3C(=O)N(C)C)c([N+](=O)[O-])c2)CC1. The second-order valence-corrected chi connectivity index (χ2v) is 10.3. The van der Waals surface area contributed by atoms with Crippen molar-refractivity contribution < 1.29 is 18.1 Å². The Morgan fingerprint density at radius 3 is 2.47 bits per heavy atom. The lowest BCUT2D eigenvalue weighted by Crippen LogP contribution is -2.43. The van der Waals surface area contributed by atoms with Crippen molar-refractivity contribution in [1.82, 2.24) is 9.62 Å². The quantitative estimate of drug-likeness (QED) is 0.539. The van der Waals surface area contributed by atoms with Gasteiger partial charge in [0.1, 0.15) is 11.7 Å². The van der Waals surface area contributed by atoms with Crippen LogP contribution in [0.3, 0.4) is 0 Å². The van der Waals surface area contributed by atoms with Crippen LogP contribution in [0, 0.1) is 16.0 Å². The molecule has 1 aromatic rings. The molecule has 1 saturated carbocycles. The maximum atomic E-state index is 12.8. The Bertz CT molecular complexity index is 910. The van der Waals surface area contributed by atoms with Gasteiger partial charge >= 0.3 is 0 Å². The van der Waals surface area contributed by atoms with Gasteiger partial charge in [0.25, 0.3) is 5.69 Å². The first-order valence-corrected chi connectivity index (χ1v) is 11.9. The van der Waals surface area contributed by atoms with Crippen LogP contribution in [-0.2, 0) is 14.8 Å². The number of rotatable bonds is 6. The molecule has 0 aromatic heterocycles. The summed E-state index contributed by atoms with van der Waals surface area (Å²) < 4.78 is 28.4. The molecule has 1 aliphatic carbocycles. The summed E-state index contributed by atoms with van der Waals surface area (Å²) in [5.41, 5.74) is -0.0169. The van der Waals surface area contributed by atoms with E-state index in [1.807, 2.05) is 0 Å². The van der Waals surface area contributed by atoms with Gasteiger partial charge in [0.15, 0.2) is 0 Å². The van der Waals surface area contributed by atoms with E-state index in [2.05, 4.69) is 11.6 Å². The first-order valence-electron chi connectivity index (χ1n) is 10.4. The standard InChI is InChI=1S/C20H30N4O5S/c1-14-6-8-15(9-7-14)21-30(28,29)16-10-11-17(19(13-16)24(26)27)23-12-4-5-18(23)20(25)22(2)3/h10-11,13-15,18,21H,4-9,12H2,1-3H3/t14?,15?,18-/m0/s1. The molecule has 10 heteroatoms. The molecule has 1 atom stereocenters. The van der Waals surface area contributed by atoms with E-state index < -0.39 is 21.0 Å². The van der Waals surface area contributed by atoms with E-state index in [9.17, 15) is 23.3 Å². The molecular formula is C20H30N4O5S. The third-order valence-corrected chi connectivity index (χ3v) is 7.60. The molecule has 1 heterocycles. The van der Waals surface area contributed by atoms with E-state index in [-0.39, 0.29) is 28.2 Å². The number of amides is 1.